The molecule has 1 unspecified atom stereocenters. The molecule has 1 N–H and O–H groups in total. The lowest BCUT2D eigenvalue weighted by Gasteiger charge is -2.38. The van der Waals surface area contributed by atoms with E-state index in [4.69, 9.17) is 9.47 Å². The predicted octanol–water partition coefficient (Wildman–Crippen LogP) is 3.73. The summed E-state index contributed by atoms with van der Waals surface area (Å²) in [7, 11) is 1.60. The third-order valence-electron chi connectivity index (χ3n) is 4.91. The van der Waals surface area contributed by atoms with Crippen molar-refractivity contribution in [3.63, 3.8) is 0 Å². The molecule has 5 nitrogen and oxygen atoms in total. The van der Waals surface area contributed by atoms with E-state index in [0.29, 0.717) is 24.3 Å². The summed E-state index contributed by atoms with van der Waals surface area (Å²) in [6.07, 6.45) is 1.38. The molecule has 0 fully saturated rings. The molecule has 1 heterocycles. The second-order valence-electron chi connectivity index (χ2n) is 8.18. The Bertz CT molecular complexity index is 776. The highest BCUT2D eigenvalue weighted by atomic mass is 16.5. The van der Waals surface area contributed by atoms with Crippen LogP contribution < -0.4 is 14.8 Å². The fourth-order valence-corrected chi connectivity index (χ4v) is 3.95. The molecule has 1 atom stereocenters. The Morgan fingerprint density at radius 1 is 1.19 bits per heavy atom. The monoisotopic (exact) mass is 357 g/mol. The van der Waals surface area contributed by atoms with Crippen LogP contribution >= 0.6 is 0 Å². The van der Waals surface area contributed by atoms with Gasteiger partial charge >= 0.3 is 0 Å². The second kappa shape index (κ2) is 6.78. The van der Waals surface area contributed by atoms with Gasteiger partial charge in [0.15, 0.2) is 17.3 Å². The Balaban J connectivity index is 2.14. The number of para-hydroxylation sites is 1. The lowest BCUT2D eigenvalue weighted by Crippen LogP contribution is -2.40. The molecule has 5 heteroatoms. The molecular weight excluding hydrogens is 330 g/mol. The van der Waals surface area contributed by atoms with Crippen LogP contribution in [0.25, 0.3) is 0 Å². The first-order valence-electron chi connectivity index (χ1n) is 9.11. The largest absolute Gasteiger partial charge is 0.493 e. The number of carbonyl (C=O) groups excluding carboxylic acids is 2. The Labute approximate surface area is 154 Å². The van der Waals surface area contributed by atoms with Crippen LogP contribution in [0.1, 0.15) is 58.4 Å². The first-order valence-corrected chi connectivity index (χ1v) is 9.11. The van der Waals surface area contributed by atoms with E-state index >= 15 is 0 Å². The fraction of sp³-hybridized carbons (Fsp3) is 0.524. The summed E-state index contributed by atoms with van der Waals surface area (Å²) in [5, 5.41) is 2.94. The molecular formula is C21H27NO4. The first kappa shape index (κ1) is 18.5. The van der Waals surface area contributed by atoms with Crippen molar-refractivity contribution in [2.45, 2.75) is 59.0 Å². The Hall–Kier alpha value is -2.30. The third kappa shape index (κ3) is 3.48. The zero-order chi connectivity index (χ0) is 19.1. The quantitative estimate of drug-likeness (QED) is 0.892. The van der Waals surface area contributed by atoms with Gasteiger partial charge in [0.05, 0.1) is 13.2 Å². The fourth-order valence-electron chi connectivity index (χ4n) is 3.95. The van der Waals surface area contributed by atoms with E-state index in [-0.39, 0.29) is 35.5 Å². The number of rotatable bonds is 4. The molecule has 1 aliphatic carbocycles. The zero-order valence-corrected chi connectivity index (χ0v) is 16.1. The summed E-state index contributed by atoms with van der Waals surface area (Å²) >= 11 is 0. The molecule has 0 saturated heterocycles. The molecule has 140 valence electrons. The maximum atomic E-state index is 12.9. The van der Waals surface area contributed by atoms with Gasteiger partial charge in [-0.3, -0.25) is 9.59 Å². The maximum absolute atomic E-state index is 12.9. The van der Waals surface area contributed by atoms with Gasteiger partial charge in [-0.25, -0.2) is 0 Å². The topological polar surface area (TPSA) is 64.6 Å². The van der Waals surface area contributed by atoms with E-state index in [1.54, 1.807) is 7.11 Å². The van der Waals surface area contributed by atoms with E-state index in [9.17, 15) is 9.59 Å². The molecule has 1 aromatic carbocycles. The summed E-state index contributed by atoms with van der Waals surface area (Å²) in [5.74, 6) is 0.991. The van der Waals surface area contributed by atoms with Crippen molar-refractivity contribution < 1.29 is 19.1 Å². The van der Waals surface area contributed by atoms with E-state index in [1.165, 1.54) is 0 Å². The predicted molar refractivity (Wildman–Crippen MR) is 99.3 cm³/mol. The highest BCUT2D eigenvalue weighted by molar-refractivity contribution is 6.02. The molecule has 1 aliphatic heterocycles. The van der Waals surface area contributed by atoms with Crippen molar-refractivity contribution >= 4 is 11.7 Å². The molecule has 0 bridgehead atoms. The van der Waals surface area contributed by atoms with Crippen molar-refractivity contribution in [3.8, 4) is 11.5 Å². The van der Waals surface area contributed by atoms with Gasteiger partial charge < -0.3 is 14.8 Å². The molecule has 0 saturated carbocycles. The SMILES string of the molecule is COc1cccc(C2CC(=O)NC3=C2C(=O)CC(C)(C)C3)c1OC(C)C. The van der Waals surface area contributed by atoms with Crippen LogP contribution in [-0.4, -0.2) is 24.9 Å². The van der Waals surface area contributed by atoms with Crippen molar-refractivity contribution in [1.29, 1.82) is 0 Å². The number of nitrogens with one attached hydrogen (secondary N) is 1. The molecule has 26 heavy (non-hydrogen) atoms. The number of amides is 1. The second-order valence-corrected chi connectivity index (χ2v) is 8.18. The minimum absolute atomic E-state index is 0.0445. The van der Waals surface area contributed by atoms with Gasteiger partial charge in [0.2, 0.25) is 5.91 Å². The van der Waals surface area contributed by atoms with Gasteiger partial charge in [-0.15, -0.1) is 0 Å². The van der Waals surface area contributed by atoms with Crippen LogP contribution in [0.2, 0.25) is 0 Å². The summed E-state index contributed by atoms with van der Waals surface area (Å²) < 4.78 is 11.5. The van der Waals surface area contributed by atoms with Crippen LogP contribution in [-0.2, 0) is 9.59 Å². The smallest absolute Gasteiger partial charge is 0.225 e. The number of ketones is 1. The van der Waals surface area contributed by atoms with Crippen LogP contribution in [0.15, 0.2) is 29.5 Å². The zero-order valence-electron chi connectivity index (χ0n) is 16.1. The van der Waals surface area contributed by atoms with Crippen molar-refractivity contribution in [1.82, 2.24) is 5.32 Å². The van der Waals surface area contributed by atoms with Crippen LogP contribution in [0, 0.1) is 5.41 Å². The molecule has 0 spiro atoms. The highest BCUT2D eigenvalue weighted by Crippen LogP contribution is 2.47. The van der Waals surface area contributed by atoms with Crippen molar-refractivity contribution in [3.05, 3.63) is 35.0 Å². The number of ether oxygens (including phenoxy) is 2. The van der Waals surface area contributed by atoms with Gasteiger partial charge in [0, 0.05) is 35.6 Å². The number of carbonyl (C=O) groups is 2. The molecule has 2 aliphatic rings. The lowest BCUT2D eigenvalue weighted by atomic mass is 9.69. The average Bonchev–Trinajstić information content (AvgIpc) is 2.52. The number of methoxy groups -OCH3 is 1. The molecule has 1 aromatic rings. The Kier molecular flexibility index (Phi) is 4.82. The number of allylic oxidation sites excluding steroid dienone is 2. The third-order valence-corrected chi connectivity index (χ3v) is 4.91. The molecule has 0 aromatic heterocycles. The number of Topliss-reactive ketones (excluding diaryl/α,β-unsaturated/α-hetero) is 1. The van der Waals surface area contributed by atoms with Gasteiger partial charge in [0.1, 0.15) is 0 Å². The molecule has 3 rings (SSSR count). The van der Waals surface area contributed by atoms with Gasteiger partial charge in [-0.2, -0.15) is 0 Å². The van der Waals surface area contributed by atoms with Crippen molar-refractivity contribution in [2.24, 2.45) is 5.41 Å². The highest BCUT2D eigenvalue weighted by Gasteiger charge is 2.41. The van der Waals surface area contributed by atoms with E-state index in [0.717, 1.165) is 16.8 Å². The van der Waals surface area contributed by atoms with E-state index < -0.39 is 0 Å². The summed E-state index contributed by atoms with van der Waals surface area (Å²) in [5.41, 5.74) is 2.20. The average molecular weight is 357 g/mol. The van der Waals surface area contributed by atoms with E-state index in [1.807, 2.05) is 32.0 Å². The first-order chi connectivity index (χ1) is 12.2. The molecule has 0 radical (unpaired) electrons. The number of hydrogen-bond acceptors (Lipinski definition) is 4. The molecule has 1 amide bonds. The summed E-state index contributed by atoms with van der Waals surface area (Å²) in [6, 6.07) is 5.65. The van der Waals surface area contributed by atoms with Crippen LogP contribution in [0.4, 0.5) is 0 Å². The minimum atomic E-state index is -0.300. The Morgan fingerprint density at radius 2 is 1.92 bits per heavy atom. The van der Waals surface area contributed by atoms with Gasteiger partial charge in [0.25, 0.3) is 0 Å². The maximum Gasteiger partial charge on any atom is 0.225 e. The van der Waals surface area contributed by atoms with Gasteiger partial charge in [-0.1, -0.05) is 26.0 Å². The normalized spacial score (nSPS) is 22.2. The van der Waals surface area contributed by atoms with Crippen LogP contribution in [0.5, 0.6) is 11.5 Å². The Morgan fingerprint density at radius 3 is 2.58 bits per heavy atom. The van der Waals surface area contributed by atoms with Crippen LogP contribution in [0.3, 0.4) is 0 Å². The number of benzene rings is 1. The summed E-state index contributed by atoms with van der Waals surface area (Å²) in [6.45, 7) is 8.01. The lowest BCUT2D eigenvalue weighted by molar-refractivity contribution is -0.122. The standard InChI is InChI=1S/C21H27NO4/c1-12(2)26-20-13(7-6-8-17(20)25-5)14-9-18(24)22-15-10-21(3,4)11-16(23)19(14)15/h6-8,12,14H,9-11H2,1-5H3,(H,22,24). The van der Waals surface area contributed by atoms with E-state index in [2.05, 4.69) is 19.2 Å². The minimum Gasteiger partial charge on any atom is -0.493 e. The summed E-state index contributed by atoms with van der Waals surface area (Å²) in [4.78, 5) is 25.3. The van der Waals surface area contributed by atoms with Crippen molar-refractivity contribution in [2.75, 3.05) is 7.11 Å². The number of hydrogen-bond donors (Lipinski definition) is 1. The van der Waals surface area contributed by atoms with Gasteiger partial charge in [-0.05, 0) is 31.7 Å².